The minimum Gasteiger partial charge on any atom is -0.357 e. The Bertz CT molecular complexity index is 1160. The Labute approximate surface area is 167 Å². The number of imidazole rings is 1. The van der Waals surface area contributed by atoms with Gasteiger partial charge in [0.1, 0.15) is 17.2 Å². The van der Waals surface area contributed by atoms with E-state index < -0.39 is 0 Å². The number of pyridine rings is 2. The zero-order valence-corrected chi connectivity index (χ0v) is 15.8. The van der Waals surface area contributed by atoms with Crippen molar-refractivity contribution in [3.8, 4) is 11.4 Å². The molecule has 0 aliphatic carbocycles. The first kappa shape index (κ1) is 17.4. The predicted octanol–water partition coefficient (Wildman–Crippen LogP) is 3.87. The van der Waals surface area contributed by atoms with E-state index in [0.29, 0.717) is 16.8 Å². The molecule has 4 heterocycles. The Hall–Kier alpha value is -3.74. The number of nitrogens with zero attached hydrogens (tertiary/aromatic N) is 4. The topological polar surface area (TPSA) is 86.8 Å². The van der Waals surface area contributed by atoms with Gasteiger partial charge in [-0.3, -0.25) is 9.78 Å². The molecule has 29 heavy (non-hydrogen) atoms. The summed E-state index contributed by atoms with van der Waals surface area (Å²) < 4.78 is 0. The fourth-order valence-electron chi connectivity index (χ4n) is 3.67. The number of para-hydroxylation sites is 1. The summed E-state index contributed by atoms with van der Waals surface area (Å²) >= 11 is 0. The summed E-state index contributed by atoms with van der Waals surface area (Å²) in [5.74, 6) is 1.48. The van der Waals surface area contributed by atoms with Gasteiger partial charge in [-0.15, -0.1) is 0 Å². The molecular formula is C22H20N6O. The molecule has 5 rings (SSSR count). The molecule has 0 radical (unpaired) electrons. The molecule has 1 fully saturated rings. The summed E-state index contributed by atoms with van der Waals surface area (Å²) in [6, 6.07) is 13.1. The average molecular weight is 384 g/mol. The van der Waals surface area contributed by atoms with Gasteiger partial charge in [-0.05, 0) is 49.2 Å². The van der Waals surface area contributed by atoms with Gasteiger partial charge in [0.25, 0.3) is 5.91 Å². The van der Waals surface area contributed by atoms with E-state index in [9.17, 15) is 4.79 Å². The lowest BCUT2D eigenvalue weighted by atomic mass is 10.1. The van der Waals surface area contributed by atoms with E-state index in [0.717, 1.165) is 35.8 Å². The van der Waals surface area contributed by atoms with Crippen molar-refractivity contribution < 1.29 is 4.79 Å². The van der Waals surface area contributed by atoms with Crippen LogP contribution < -0.4 is 10.2 Å². The molecule has 1 saturated heterocycles. The summed E-state index contributed by atoms with van der Waals surface area (Å²) in [6.07, 6.45) is 7.50. The first-order valence-corrected chi connectivity index (χ1v) is 9.69. The van der Waals surface area contributed by atoms with Crippen molar-refractivity contribution in [2.75, 3.05) is 23.3 Å². The van der Waals surface area contributed by atoms with Crippen LogP contribution >= 0.6 is 0 Å². The second-order valence-electron chi connectivity index (χ2n) is 7.08. The summed E-state index contributed by atoms with van der Waals surface area (Å²) in [7, 11) is 0. The number of anilines is 2. The van der Waals surface area contributed by atoms with Gasteiger partial charge in [-0.2, -0.15) is 0 Å². The number of benzene rings is 1. The van der Waals surface area contributed by atoms with Crippen molar-refractivity contribution >= 4 is 28.4 Å². The highest BCUT2D eigenvalue weighted by Gasteiger charge is 2.17. The summed E-state index contributed by atoms with van der Waals surface area (Å²) in [5.41, 5.74) is 3.58. The minimum atomic E-state index is -0.214. The monoisotopic (exact) mass is 384 g/mol. The molecule has 0 bridgehead atoms. The number of amides is 1. The Kier molecular flexibility index (Phi) is 4.40. The maximum absolute atomic E-state index is 12.8. The van der Waals surface area contributed by atoms with Crippen LogP contribution in [-0.4, -0.2) is 38.9 Å². The van der Waals surface area contributed by atoms with Crippen molar-refractivity contribution in [2.24, 2.45) is 0 Å². The Morgan fingerprint density at radius 2 is 1.97 bits per heavy atom. The molecule has 7 nitrogen and oxygen atoms in total. The standard InChI is InChI=1S/C22H20N6O/c29-22(25-16-5-4-9-23-14-16)17-6-3-7-18-20(17)27-21(26-18)15-8-10-24-19(13-15)28-11-1-2-12-28/h3-10,13-14H,1-2,11-12H2,(H,25,29)(H,26,27). The normalized spacial score (nSPS) is 13.7. The molecule has 3 aromatic heterocycles. The van der Waals surface area contributed by atoms with E-state index in [2.05, 4.69) is 31.2 Å². The van der Waals surface area contributed by atoms with Gasteiger partial charge in [-0.25, -0.2) is 9.97 Å². The molecule has 0 saturated carbocycles. The zero-order valence-electron chi connectivity index (χ0n) is 15.8. The molecule has 0 atom stereocenters. The Balaban J connectivity index is 1.49. The van der Waals surface area contributed by atoms with Crippen LogP contribution in [0.1, 0.15) is 23.2 Å². The van der Waals surface area contributed by atoms with Crippen LogP contribution in [0.3, 0.4) is 0 Å². The number of carbonyl (C=O) groups is 1. The highest BCUT2D eigenvalue weighted by molar-refractivity contribution is 6.11. The van der Waals surface area contributed by atoms with Crippen molar-refractivity contribution in [1.29, 1.82) is 0 Å². The molecule has 4 aromatic rings. The van der Waals surface area contributed by atoms with Gasteiger partial charge < -0.3 is 15.2 Å². The van der Waals surface area contributed by atoms with E-state index in [-0.39, 0.29) is 5.91 Å². The van der Waals surface area contributed by atoms with Crippen molar-refractivity contribution in [1.82, 2.24) is 19.9 Å². The van der Waals surface area contributed by atoms with Gasteiger partial charge in [0.05, 0.1) is 23.0 Å². The lowest BCUT2D eigenvalue weighted by molar-refractivity contribution is 0.102. The highest BCUT2D eigenvalue weighted by Crippen LogP contribution is 2.26. The van der Waals surface area contributed by atoms with Crippen molar-refractivity contribution in [3.05, 3.63) is 66.6 Å². The number of aromatic amines is 1. The summed E-state index contributed by atoms with van der Waals surface area (Å²) in [6.45, 7) is 2.07. The van der Waals surface area contributed by atoms with Crippen molar-refractivity contribution in [3.63, 3.8) is 0 Å². The molecule has 2 N–H and O–H groups in total. The third kappa shape index (κ3) is 3.42. The number of hydrogen-bond acceptors (Lipinski definition) is 5. The van der Waals surface area contributed by atoms with Crippen LogP contribution in [0.5, 0.6) is 0 Å². The second-order valence-corrected chi connectivity index (χ2v) is 7.08. The lowest BCUT2D eigenvalue weighted by Gasteiger charge is -2.16. The van der Waals surface area contributed by atoms with Gasteiger partial charge in [0.15, 0.2) is 0 Å². The number of H-pyrrole nitrogens is 1. The fourth-order valence-corrected chi connectivity index (χ4v) is 3.67. The summed E-state index contributed by atoms with van der Waals surface area (Å²) in [5, 5.41) is 2.87. The molecule has 1 amide bonds. The van der Waals surface area contributed by atoms with Crippen LogP contribution in [0.2, 0.25) is 0 Å². The molecule has 0 unspecified atom stereocenters. The van der Waals surface area contributed by atoms with Crippen LogP contribution in [0.15, 0.2) is 61.1 Å². The quantitative estimate of drug-likeness (QED) is 0.558. The molecular weight excluding hydrogens is 364 g/mol. The minimum absolute atomic E-state index is 0.214. The molecule has 1 aliphatic heterocycles. The van der Waals surface area contributed by atoms with Crippen LogP contribution in [0.4, 0.5) is 11.5 Å². The Morgan fingerprint density at radius 1 is 1.07 bits per heavy atom. The first-order valence-electron chi connectivity index (χ1n) is 9.69. The van der Waals surface area contributed by atoms with Gasteiger partial charge in [0.2, 0.25) is 0 Å². The average Bonchev–Trinajstić information content (AvgIpc) is 3.44. The smallest absolute Gasteiger partial charge is 0.257 e. The maximum Gasteiger partial charge on any atom is 0.257 e. The largest absolute Gasteiger partial charge is 0.357 e. The summed E-state index contributed by atoms with van der Waals surface area (Å²) in [4.78, 5) is 31.7. The molecule has 1 aliphatic rings. The van der Waals surface area contributed by atoms with Crippen LogP contribution in [-0.2, 0) is 0 Å². The van der Waals surface area contributed by atoms with Gasteiger partial charge >= 0.3 is 0 Å². The molecule has 0 spiro atoms. The van der Waals surface area contributed by atoms with E-state index in [1.54, 1.807) is 30.6 Å². The van der Waals surface area contributed by atoms with Gasteiger partial charge in [-0.1, -0.05) is 6.07 Å². The Morgan fingerprint density at radius 3 is 2.79 bits per heavy atom. The zero-order chi connectivity index (χ0) is 19.6. The molecule has 1 aromatic carbocycles. The third-order valence-electron chi connectivity index (χ3n) is 5.13. The fraction of sp³-hybridized carbons (Fsp3) is 0.182. The SMILES string of the molecule is O=C(Nc1cccnc1)c1cccc2[nH]c(-c3ccnc(N4CCCC4)c3)nc12. The molecule has 7 heteroatoms. The number of nitrogens with one attached hydrogen (secondary N) is 2. The van der Waals surface area contributed by atoms with E-state index in [1.165, 1.54) is 12.8 Å². The maximum atomic E-state index is 12.8. The van der Waals surface area contributed by atoms with E-state index in [4.69, 9.17) is 4.98 Å². The van der Waals surface area contributed by atoms with Crippen LogP contribution in [0.25, 0.3) is 22.4 Å². The van der Waals surface area contributed by atoms with E-state index in [1.807, 2.05) is 24.4 Å². The van der Waals surface area contributed by atoms with Gasteiger partial charge in [0, 0.05) is 31.0 Å². The number of hydrogen-bond donors (Lipinski definition) is 2. The van der Waals surface area contributed by atoms with E-state index >= 15 is 0 Å². The number of aromatic nitrogens is 4. The lowest BCUT2D eigenvalue weighted by Crippen LogP contribution is -2.18. The number of fused-ring (bicyclic) bond motifs is 1. The number of carbonyl (C=O) groups excluding carboxylic acids is 1. The third-order valence-corrected chi connectivity index (χ3v) is 5.13. The predicted molar refractivity (Wildman–Crippen MR) is 113 cm³/mol. The number of rotatable bonds is 4. The molecule has 144 valence electrons. The first-order chi connectivity index (χ1) is 14.3. The van der Waals surface area contributed by atoms with Crippen molar-refractivity contribution in [2.45, 2.75) is 12.8 Å². The highest BCUT2D eigenvalue weighted by atomic mass is 16.1. The second kappa shape index (κ2) is 7.35. The van der Waals surface area contributed by atoms with Crippen LogP contribution in [0, 0.1) is 0 Å².